The minimum atomic E-state index is -0.503. The Bertz CT molecular complexity index is 1120. The number of ether oxygens (including phenoxy) is 1. The van der Waals surface area contributed by atoms with Crippen LogP contribution in [0.5, 0.6) is 5.75 Å². The first-order valence-electron chi connectivity index (χ1n) is 9.55. The number of carbonyl (C=O) groups excluding carboxylic acids is 2. The topological polar surface area (TPSA) is 79.8 Å². The summed E-state index contributed by atoms with van der Waals surface area (Å²) in [5.41, 5.74) is 1.67. The van der Waals surface area contributed by atoms with Crippen molar-refractivity contribution in [2.75, 3.05) is 12.4 Å². The van der Waals surface area contributed by atoms with Crippen LogP contribution in [0.3, 0.4) is 0 Å². The lowest BCUT2D eigenvalue weighted by Gasteiger charge is -2.10. The standard InChI is InChI=1S/C23H21N3O3S/c1-29-19-12-5-3-8-16(19)14-24-23-26-22(28)20(30-23)13-21(27)25-18-11-6-9-15-7-2-4-10-17(15)18/h2-12,20H,13-14H2,1H3,(H,25,27)(H,24,26,28)/t20-/m0/s1. The molecular weight excluding hydrogens is 398 g/mol. The predicted octanol–water partition coefficient (Wildman–Crippen LogP) is 3.96. The van der Waals surface area contributed by atoms with E-state index in [1.165, 1.54) is 11.8 Å². The summed E-state index contributed by atoms with van der Waals surface area (Å²) in [6, 6.07) is 21.2. The van der Waals surface area contributed by atoms with Crippen molar-refractivity contribution < 1.29 is 14.3 Å². The van der Waals surface area contributed by atoms with Gasteiger partial charge in [0.05, 0.1) is 13.7 Å². The van der Waals surface area contributed by atoms with E-state index in [-0.39, 0.29) is 18.2 Å². The number of aliphatic imine (C=N–C) groups is 1. The Balaban J connectivity index is 1.39. The van der Waals surface area contributed by atoms with E-state index in [0.717, 1.165) is 27.8 Å². The molecule has 1 heterocycles. The first-order chi connectivity index (χ1) is 14.6. The highest BCUT2D eigenvalue weighted by Gasteiger charge is 2.32. The molecule has 0 bridgehead atoms. The molecule has 3 aromatic carbocycles. The van der Waals surface area contributed by atoms with Crippen molar-refractivity contribution in [2.24, 2.45) is 4.99 Å². The van der Waals surface area contributed by atoms with Crippen molar-refractivity contribution >= 4 is 45.2 Å². The number of amides is 2. The van der Waals surface area contributed by atoms with E-state index in [0.29, 0.717) is 11.7 Å². The number of hydrogen-bond acceptors (Lipinski definition) is 5. The molecule has 3 aromatic rings. The molecule has 0 saturated carbocycles. The lowest BCUT2D eigenvalue weighted by Crippen LogP contribution is -2.28. The third kappa shape index (κ3) is 4.46. The van der Waals surface area contributed by atoms with Gasteiger partial charge in [-0.2, -0.15) is 0 Å². The number of fused-ring (bicyclic) bond motifs is 1. The maximum Gasteiger partial charge on any atom is 0.240 e. The van der Waals surface area contributed by atoms with E-state index in [9.17, 15) is 9.59 Å². The van der Waals surface area contributed by atoms with E-state index >= 15 is 0 Å². The van der Waals surface area contributed by atoms with Crippen molar-refractivity contribution in [1.29, 1.82) is 0 Å². The van der Waals surface area contributed by atoms with Gasteiger partial charge in [0, 0.05) is 23.1 Å². The summed E-state index contributed by atoms with van der Waals surface area (Å²) < 4.78 is 5.33. The lowest BCUT2D eigenvalue weighted by molar-refractivity contribution is -0.122. The van der Waals surface area contributed by atoms with Gasteiger partial charge in [0.1, 0.15) is 11.0 Å². The Morgan fingerprint density at radius 2 is 1.87 bits per heavy atom. The number of nitrogens with one attached hydrogen (secondary N) is 2. The Morgan fingerprint density at radius 3 is 2.73 bits per heavy atom. The summed E-state index contributed by atoms with van der Waals surface area (Å²) in [6.07, 6.45) is 0.0768. The van der Waals surface area contributed by atoms with Crippen LogP contribution >= 0.6 is 11.8 Å². The van der Waals surface area contributed by atoms with E-state index in [4.69, 9.17) is 4.74 Å². The van der Waals surface area contributed by atoms with Crippen LogP contribution in [0.4, 0.5) is 5.69 Å². The molecule has 1 fully saturated rings. The molecule has 1 atom stereocenters. The van der Waals surface area contributed by atoms with E-state index in [2.05, 4.69) is 15.6 Å². The molecule has 6 nitrogen and oxygen atoms in total. The first-order valence-corrected chi connectivity index (χ1v) is 10.4. The molecule has 1 aliphatic heterocycles. The summed E-state index contributed by atoms with van der Waals surface area (Å²) in [4.78, 5) is 29.3. The summed E-state index contributed by atoms with van der Waals surface area (Å²) in [5.74, 6) is 0.346. The molecule has 152 valence electrons. The number of nitrogens with zero attached hydrogens (tertiary/aromatic N) is 1. The molecule has 0 aliphatic carbocycles. The average Bonchev–Trinajstić information content (AvgIpc) is 3.11. The second-order valence-electron chi connectivity index (χ2n) is 6.81. The monoisotopic (exact) mass is 419 g/mol. The van der Waals surface area contributed by atoms with E-state index in [1.807, 2.05) is 66.7 Å². The van der Waals surface area contributed by atoms with Crippen molar-refractivity contribution in [3.63, 3.8) is 0 Å². The van der Waals surface area contributed by atoms with E-state index in [1.54, 1.807) is 7.11 Å². The molecule has 0 unspecified atom stereocenters. The van der Waals surface area contributed by atoms with Crippen molar-refractivity contribution in [1.82, 2.24) is 5.32 Å². The van der Waals surface area contributed by atoms with Crippen molar-refractivity contribution in [3.8, 4) is 5.75 Å². The average molecular weight is 420 g/mol. The second-order valence-corrected chi connectivity index (χ2v) is 8.00. The van der Waals surface area contributed by atoms with Gasteiger partial charge in [0.25, 0.3) is 0 Å². The van der Waals surface area contributed by atoms with Gasteiger partial charge < -0.3 is 15.4 Å². The van der Waals surface area contributed by atoms with Gasteiger partial charge >= 0.3 is 0 Å². The minimum absolute atomic E-state index is 0.0768. The van der Waals surface area contributed by atoms with Gasteiger partial charge in [-0.1, -0.05) is 66.4 Å². The minimum Gasteiger partial charge on any atom is -0.496 e. The van der Waals surface area contributed by atoms with Crippen LogP contribution in [-0.4, -0.2) is 29.3 Å². The van der Waals surface area contributed by atoms with Crippen LogP contribution in [0.25, 0.3) is 10.8 Å². The lowest BCUT2D eigenvalue weighted by atomic mass is 10.1. The van der Waals surface area contributed by atoms with Gasteiger partial charge in [0.15, 0.2) is 5.17 Å². The van der Waals surface area contributed by atoms with Crippen LogP contribution in [0.2, 0.25) is 0 Å². The third-order valence-electron chi connectivity index (χ3n) is 4.80. The second kappa shape index (κ2) is 9.00. The number of anilines is 1. The van der Waals surface area contributed by atoms with Gasteiger partial charge in [-0.25, -0.2) is 0 Å². The zero-order chi connectivity index (χ0) is 20.9. The highest BCUT2D eigenvalue weighted by atomic mass is 32.2. The Hall–Kier alpha value is -3.32. The highest BCUT2D eigenvalue weighted by Crippen LogP contribution is 2.26. The van der Waals surface area contributed by atoms with Crippen LogP contribution in [0.1, 0.15) is 12.0 Å². The summed E-state index contributed by atoms with van der Waals surface area (Å²) in [7, 11) is 1.61. The molecule has 2 amide bonds. The quantitative estimate of drug-likeness (QED) is 0.634. The number of thioether (sulfide) groups is 1. The fourth-order valence-electron chi connectivity index (χ4n) is 3.31. The predicted molar refractivity (Wildman–Crippen MR) is 121 cm³/mol. The molecular formula is C23H21N3O3S. The number of amidine groups is 1. The largest absolute Gasteiger partial charge is 0.496 e. The number of para-hydroxylation sites is 1. The van der Waals surface area contributed by atoms with E-state index < -0.39 is 5.25 Å². The van der Waals surface area contributed by atoms with Gasteiger partial charge in [-0.15, -0.1) is 0 Å². The number of carbonyl (C=O) groups is 2. The number of rotatable bonds is 6. The Labute approximate surface area is 178 Å². The fraction of sp³-hybridized carbons (Fsp3) is 0.174. The molecule has 0 radical (unpaired) electrons. The van der Waals surface area contributed by atoms with Crippen LogP contribution < -0.4 is 15.4 Å². The van der Waals surface area contributed by atoms with Gasteiger partial charge in [-0.3, -0.25) is 14.6 Å². The molecule has 7 heteroatoms. The molecule has 1 aliphatic rings. The summed E-state index contributed by atoms with van der Waals surface area (Å²) in [5, 5.41) is 7.73. The molecule has 1 saturated heterocycles. The molecule has 4 rings (SSSR count). The zero-order valence-corrected chi connectivity index (χ0v) is 17.2. The van der Waals surface area contributed by atoms with Crippen molar-refractivity contribution in [3.05, 3.63) is 72.3 Å². The normalized spacial score (nSPS) is 17.2. The molecule has 0 aromatic heterocycles. The van der Waals surface area contributed by atoms with Gasteiger partial charge in [-0.05, 0) is 17.5 Å². The zero-order valence-electron chi connectivity index (χ0n) is 16.4. The van der Waals surface area contributed by atoms with Crippen LogP contribution in [0, 0.1) is 0 Å². The fourth-order valence-corrected chi connectivity index (χ4v) is 4.28. The number of benzene rings is 3. The Morgan fingerprint density at radius 1 is 1.10 bits per heavy atom. The third-order valence-corrected chi connectivity index (χ3v) is 5.92. The molecule has 30 heavy (non-hydrogen) atoms. The molecule has 2 N–H and O–H groups in total. The summed E-state index contributed by atoms with van der Waals surface area (Å²) in [6.45, 7) is 0.390. The maximum atomic E-state index is 12.6. The maximum absolute atomic E-state index is 12.6. The van der Waals surface area contributed by atoms with Crippen molar-refractivity contribution in [2.45, 2.75) is 18.2 Å². The number of hydrogen-bond donors (Lipinski definition) is 2. The smallest absolute Gasteiger partial charge is 0.240 e. The molecule has 0 spiro atoms. The first kappa shape index (κ1) is 20.0. The summed E-state index contributed by atoms with van der Waals surface area (Å²) >= 11 is 1.28. The SMILES string of the molecule is COc1ccccc1CN=C1NC(=O)[C@H](CC(=O)Nc2cccc3ccccc23)S1. The van der Waals surface area contributed by atoms with Crippen LogP contribution in [-0.2, 0) is 16.1 Å². The Kier molecular flexibility index (Phi) is 5.99. The van der Waals surface area contributed by atoms with Crippen LogP contribution in [0.15, 0.2) is 71.7 Å². The number of methoxy groups -OCH3 is 1. The van der Waals surface area contributed by atoms with Gasteiger partial charge in [0.2, 0.25) is 11.8 Å². The highest BCUT2D eigenvalue weighted by molar-refractivity contribution is 8.15.